The van der Waals surface area contributed by atoms with E-state index in [0.717, 1.165) is 0 Å². The van der Waals surface area contributed by atoms with Gasteiger partial charge in [-0.25, -0.2) is 4.79 Å². The van der Waals surface area contributed by atoms with Gasteiger partial charge in [0.15, 0.2) is 17.3 Å². The molecule has 7 heteroatoms. The van der Waals surface area contributed by atoms with Crippen molar-refractivity contribution in [3.05, 3.63) is 58.1 Å². The Balaban J connectivity index is 2.17. The van der Waals surface area contributed by atoms with Crippen molar-refractivity contribution in [2.75, 3.05) is 14.2 Å². The number of methoxy groups -OCH3 is 2. The highest BCUT2D eigenvalue weighted by molar-refractivity contribution is 9.10. The molecule has 0 aliphatic rings. The summed E-state index contributed by atoms with van der Waals surface area (Å²) in [5, 5.41) is 3.67. The summed E-state index contributed by atoms with van der Waals surface area (Å²) >= 11 is 3.27. The lowest BCUT2D eigenvalue weighted by Gasteiger charge is -2.09. The van der Waals surface area contributed by atoms with E-state index in [-0.39, 0.29) is 5.84 Å². The maximum atomic E-state index is 12.0. The van der Waals surface area contributed by atoms with Crippen molar-refractivity contribution < 1.29 is 19.1 Å². The molecule has 0 fully saturated rings. The van der Waals surface area contributed by atoms with E-state index in [9.17, 15) is 4.79 Å². The Hall–Kier alpha value is -2.54. The van der Waals surface area contributed by atoms with E-state index < -0.39 is 5.97 Å². The van der Waals surface area contributed by atoms with Gasteiger partial charge in [0.2, 0.25) is 0 Å². The minimum atomic E-state index is -0.610. The Morgan fingerprint density at radius 2 is 1.78 bits per heavy atom. The SMILES string of the molecule is COc1ccc(C(N)=NOC(=O)c2ccccc2Br)cc1OC. The van der Waals surface area contributed by atoms with Crippen LogP contribution in [0.5, 0.6) is 11.5 Å². The van der Waals surface area contributed by atoms with Crippen LogP contribution in [0, 0.1) is 0 Å². The Labute approximate surface area is 142 Å². The van der Waals surface area contributed by atoms with Gasteiger partial charge in [0.05, 0.1) is 19.8 Å². The summed E-state index contributed by atoms with van der Waals surface area (Å²) in [6.07, 6.45) is 0. The Bertz CT molecular complexity index is 747. The van der Waals surface area contributed by atoms with Gasteiger partial charge in [-0.05, 0) is 46.3 Å². The summed E-state index contributed by atoms with van der Waals surface area (Å²) in [5.74, 6) is 0.502. The minimum Gasteiger partial charge on any atom is -0.493 e. The average molecular weight is 379 g/mol. The molecule has 0 atom stereocenters. The van der Waals surface area contributed by atoms with Gasteiger partial charge in [-0.3, -0.25) is 0 Å². The maximum absolute atomic E-state index is 12.0. The van der Waals surface area contributed by atoms with Crippen LogP contribution in [0.3, 0.4) is 0 Å². The molecule has 0 unspecified atom stereocenters. The molecule has 6 nitrogen and oxygen atoms in total. The van der Waals surface area contributed by atoms with Gasteiger partial charge < -0.3 is 20.0 Å². The lowest BCUT2D eigenvalue weighted by Crippen LogP contribution is -2.15. The van der Waals surface area contributed by atoms with Crippen molar-refractivity contribution >= 4 is 27.7 Å². The monoisotopic (exact) mass is 378 g/mol. The second-order valence-corrected chi connectivity index (χ2v) is 5.26. The number of hydrogen-bond acceptors (Lipinski definition) is 5. The summed E-state index contributed by atoms with van der Waals surface area (Å²) in [6, 6.07) is 11.9. The third-order valence-corrected chi connectivity index (χ3v) is 3.69. The minimum absolute atomic E-state index is 0.0476. The maximum Gasteiger partial charge on any atom is 0.366 e. The zero-order valence-corrected chi connectivity index (χ0v) is 14.2. The summed E-state index contributed by atoms with van der Waals surface area (Å²) < 4.78 is 10.9. The topological polar surface area (TPSA) is 83.1 Å². The lowest BCUT2D eigenvalue weighted by atomic mass is 10.2. The van der Waals surface area contributed by atoms with Crippen molar-refractivity contribution in [3.63, 3.8) is 0 Å². The van der Waals surface area contributed by atoms with Crippen molar-refractivity contribution in [2.45, 2.75) is 0 Å². The van der Waals surface area contributed by atoms with E-state index in [1.54, 1.807) is 42.5 Å². The number of ether oxygens (including phenoxy) is 2. The molecule has 0 saturated heterocycles. The third kappa shape index (κ3) is 4.01. The fourth-order valence-corrected chi connectivity index (χ4v) is 2.26. The molecule has 0 bridgehead atoms. The Morgan fingerprint density at radius 1 is 1.09 bits per heavy atom. The van der Waals surface area contributed by atoms with Crippen LogP contribution in [-0.2, 0) is 4.84 Å². The quantitative estimate of drug-likeness (QED) is 0.374. The van der Waals surface area contributed by atoms with E-state index in [0.29, 0.717) is 27.1 Å². The highest BCUT2D eigenvalue weighted by atomic mass is 79.9. The number of nitrogens with zero attached hydrogens (tertiary/aromatic N) is 1. The zero-order valence-electron chi connectivity index (χ0n) is 12.6. The lowest BCUT2D eigenvalue weighted by molar-refractivity contribution is 0.0515. The van der Waals surface area contributed by atoms with Gasteiger partial charge in [-0.2, -0.15) is 0 Å². The molecule has 0 saturated carbocycles. The normalized spacial score (nSPS) is 11.0. The number of rotatable bonds is 5. The first-order valence-electron chi connectivity index (χ1n) is 6.58. The number of amidine groups is 1. The fraction of sp³-hybridized carbons (Fsp3) is 0.125. The largest absolute Gasteiger partial charge is 0.493 e. The summed E-state index contributed by atoms with van der Waals surface area (Å²) in [5.41, 5.74) is 6.74. The van der Waals surface area contributed by atoms with Crippen LogP contribution in [0.25, 0.3) is 0 Å². The third-order valence-electron chi connectivity index (χ3n) is 3.00. The van der Waals surface area contributed by atoms with E-state index >= 15 is 0 Å². The Morgan fingerprint density at radius 3 is 2.43 bits per heavy atom. The molecule has 0 radical (unpaired) electrons. The zero-order chi connectivity index (χ0) is 16.8. The van der Waals surface area contributed by atoms with E-state index in [4.69, 9.17) is 20.0 Å². The summed E-state index contributed by atoms with van der Waals surface area (Å²) in [6.45, 7) is 0. The molecular weight excluding hydrogens is 364 g/mol. The van der Waals surface area contributed by atoms with Crippen LogP contribution < -0.4 is 15.2 Å². The molecule has 0 aliphatic carbocycles. The predicted molar refractivity (Wildman–Crippen MR) is 89.8 cm³/mol. The van der Waals surface area contributed by atoms with Gasteiger partial charge in [0.25, 0.3) is 0 Å². The number of carbonyl (C=O) groups excluding carboxylic acids is 1. The van der Waals surface area contributed by atoms with E-state index in [1.165, 1.54) is 14.2 Å². The van der Waals surface area contributed by atoms with Crippen LogP contribution in [0.1, 0.15) is 15.9 Å². The molecule has 0 heterocycles. The van der Waals surface area contributed by atoms with Crippen LogP contribution >= 0.6 is 15.9 Å². The molecule has 0 aromatic heterocycles. The first-order chi connectivity index (χ1) is 11.1. The van der Waals surface area contributed by atoms with Crippen LogP contribution in [0.4, 0.5) is 0 Å². The highest BCUT2D eigenvalue weighted by Crippen LogP contribution is 2.27. The molecule has 0 aliphatic heterocycles. The predicted octanol–water partition coefficient (Wildman–Crippen LogP) is 2.94. The second-order valence-electron chi connectivity index (χ2n) is 4.40. The van der Waals surface area contributed by atoms with E-state index in [2.05, 4.69) is 21.1 Å². The molecule has 2 N–H and O–H groups in total. The van der Waals surface area contributed by atoms with Crippen molar-refractivity contribution in [2.24, 2.45) is 10.9 Å². The number of benzene rings is 2. The standard InChI is InChI=1S/C16H15BrN2O4/c1-21-13-8-7-10(9-14(13)22-2)15(18)19-23-16(20)11-5-3-4-6-12(11)17/h3-9H,1-2H3,(H2,18,19). The molecule has 120 valence electrons. The fourth-order valence-electron chi connectivity index (χ4n) is 1.81. The smallest absolute Gasteiger partial charge is 0.366 e. The highest BCUT2D eigenvalue weighted by Gasteiger charge is 2.12. The van der Waals surface area contributed by atoms with Gasteiger partial charge in [0, 0.05) is 10.0 Å². The van der Waals surface area contributed by atoms with Gasteiger partial charge in [0.1, 0.15) is 0 Å². The molecule has 0 spiro atoms. The van der Waals surface area contributed by atoms with Crippen molar-refractivity contribution in [1.82, 2.24) is 0 Å². The molecule has 0 amide bonds. The summed E-state index contributed by atoms with van der Waals surface area (Å²) in [7, 11) is 3.05. The first kappa shape index (κ1) is 16.8. The number of hydrogen-bond donors (Lipinski definition) is 1. The summed E-state index contributed by atoms with van der Waals surface area (Å²) in [4.78, 5) is 16.8. The van der Waals surface area contributed by atoms with Crippen LogP contribution in [-0.4, -0.2) is 26.0 Å². The van der Waals surface area contributed by atoms with E-state index in [1.807, 2.05) is 0 Å². The number of oxime groups is 1. The van der Waals surface area contributed by atoms with Crippen molar-refractivity contribution in [1.29, 1.82) is 0 Å². The average Bonchev–Trinajstić information content (AvgIpc) is 2.59. The van der Waals surface area contributed by atoms with Gasteiger partial charge >= 0.3 is 5.97 Å². The van der Waals surface area contributed by atoms with Gasteiger partial charge in [-0.1, -0.05) is 17.3 Å². The molecular formula is C16H15BrN2O4. The second kappa shape index (κ2) is 7.64. The molecule has 2 aromatic rings. The van der Waals surface area contributed by atoms with Gasteiger partial charge in [-0.15, -0.1) is 0 Å². The number of carbonyl (C=O) groups is 1. The number of halogens is 1. The molecule has 23 heavy (non-hydrogen) atoms. The number of nitrogens with two attached hydrogens (primary N) is 1. The van der Waals surface area contributed by atoms with Crippen molar-refractivity contribution in [3.8, 4) is 11.5 Å². The first-order valence-corrected chi connectivity index (χ1v) is 7.38. The molecule has 2 rings (SSSR count). The molecule has 2 aromatic carbocycles. The van der Waals surface area contributed by atoms with Crippen LogP contribution in [0.2, 0.25) is 0 Å². The van der Waals surface area contributed by atoms with Crippen LogP contribution in [0.15, 0.2) is 52.1 Å². The Kier molecular flexibility index (Phi) is 5.59.